The van der Waals surface area contributed by atoms with Crippen LogP contribution in [-0.2, 0) is 5.41 Å². The maximum atomic E-state index is 4.43. The van der Waals surface area contributed by atoms with Gasteiger partial charge in [-0.2, -0.15) is 0 Å². The molecule has 0 aliphatic heterocycles. The quantitative estimate of drug-likeness (QED) is 0.162. The van der Waals surface area contributed by atoms with E-state index in [9.17, 15) is 0 Å². The van der Waals surface area contributed by atoms with Gasteiger partial charge in [0.25, 0.3) is 0 Å². The number of benzene rings is 8. The molecule has 1 aliphatic rings. The van der Waals surface area contributed by atoms with Crippen LogP contribution in [0, 0.1) is 0 Å². The maximum absolute atomic E-state index is 4.43. The highest BCUT2D eigenvalue weighted by Gasteiger charge is 2.36. The fraction of sp³-hybridized carbons (Fsp3) is 0.0536. The van der Waals surface area contributed by atoms with E-state index in [2.05, 4.69) is 223 Å². The first-order valence-corrected chi connectivity index (χ1v) is 20.4. The van der Waals surface area contributed by atoms with Crippen LogP contribution in [0.25, 0.3) is 77.4 Å². The number of pyridine rings is 1. The molecule has 0 bridgehead atoms. The van der Waals surface area contributed by atoms with Gasteiger partial charge in [-0.15, -0.1) is 0 Å². The Balaban J connectivity index is 1.25. The van der Waals surface area contributed by atoms with E-state index in [1.54, 1.807) is 0 Å². The van der Waals surface area contributed by atoms with Crippen molar-refractivity contribution < 1.29 is 0 Å². The van der Waals surface area contributed by atoms with Gasteiger partial charge in [-0.05, 0) is 110 Å². The first-order chi connectivity index (χ1) is 29.0. The summed E-state index contributed by atoms with van der Waals surface area (Å²) in [5.74, 6) is 0. The lowest BCUT2D eigenvalue weighted by atomic mass is 9.82. The molecule has 0 fully saturated rings. The third-order valence-corrected chi connectivity index (χ3v) is 12.3. The molecule has 0 saturated carbocycles. The van der Waals surface area contributed by atoms with Gasteiger partial charge in [0.05, 0.1) is 22.4 Å². The van der Waals surface area contributed by atoms with Crippen molar-refractivity contribution in [2.45, 2.75) is 19.3 Å². The molecule has 0 spiro atoms. The smallest absolute Gasteiger partial charge is 0.0795 e. The molecule has 3 nitrogen and oxygen atoms in total. The summed E-state index contributed by atoms with van der Waals surface area (Å²) < 4.78 is 2.49. The Bertz CT molecular complexity index is 3150. The summed E-state index contributed by atoms with van der Waals surface area (Å²) in [6, 6.07) is 73.2. The average Bonchev–Trinajstić information content (AvgIpc) is 3.75. The zero-order chi connectivity index (χ0) is 39.5. The van der Waals surface area contributed by atoms with Crippen molar-refractivity contribution >= 4 is 33.2 Å². The van der Waals surface area contributed by atoms with Gasteiger partial charge in [0.2, 0.25) is 0 Å². The summed E-state index contributed by atoms with van der Waals surface area (Å²) in [4.78, 5) is 4.43. The summed E-state index contributed by atoms with van der Waals surface area (Å²) in [6.45, 7) is 4.72. The predicted octanol–water partition coefficient (Wildman–Crippen LogP) is 14.8. The van der Waals surface area contributed by atoms with Gasteiger partial charge < -0.3 is 0 Å². The Morgan fingerprint density at radius 3 is 1.71 bits per heavy atom. The monoisotopic (exact) mass is 755 g/mol. The molecule has 3 heteroatoms. The van der Waals surface area contributed by atoms with E-state index in [-0.39, 0.29) is 5.41 Å². The largest absolute Gasteiger partial charge is 0.264 e. The molecule has 11 rings (SSSR count). The molecule has 2 aromatic heterocycles. The van der Waals surface area contributed by atoms with Gasteiger partial charge >= 0.3 is 0 Å². The lowest BCUT2D eigenvalue weighted by molar-refractivity contribution is 0.660. The third kappa shape index (κ3) is 5.77. The van der Waals surface area contributed by atoms with Crippen LogP contribution in [0.4, 0.5) is 11.4 Å². The number of nitrogens with zero attached hydrogens (tertiary/aromatic N) is 3. The highest BCUT2D eigenvalue weighted by atomic mass is 15.6. The van der Waals surface area contributed by atoms with Crippen molar-refractivity contribution in [3.63, 3.8) is 0 Å². The minimum atomic E-state index is -0.168. The molecular weight excluding hydrogens is 715 g/mol. The molecule has 10 aromatic rings. The highest BCUT2D eigenvalue weighted by molar-refractivity contribution is 6.15. The van der Waals surface area contributed by atoms with Crippen LogP contribution in [0.1, 0.15) is 25.0 Å². The molecule has 1 aliphatic carbocycles. The first-order valence-electron chi connectivity index (χ1n) is 20.4. The Morgan fingerprint density at radius 1 is 0.407 bits per heavy atom. The topological polar surface area (TPSA) is 21.1 Å². The van der Waals surface area contributed by atoms with E-state index in [1.165, 1.54) is 66.4 Å². The summed E-state index contributed by atoms with van der Waals surface area (Å²) in [7, 11) is 0. The van der Waals surface area contributed by atoms with Gasteiger partial charge in [-0.3, -0.25) is 4.98 Å². The number of fused-ring (bicyclic) bond motifs is 6. The van der Waals surface area contributed by atoms with Crippen LogP contribution in [-0.4, -0.2) is 9.66 Å². The maximum Gasteiger partial charge on any atom is 0.0795 e. The zero-order valence-electron chi connectivity index (χ0n) is 33.0. The molecule has 0 atom stereocenters. The van der Waals surface area contributed by atoms with Crippen LogP contribution in [0.5, 0.6) is 0 Å². The normalized spacial score (nSPS) is 12.7. The van der Waals surface area contributed by atoms with Crippen LogP contribution < -0.4 is 5.01 Å². The molecule has 8 aromatic carbocycles. The molecule has 2 heterocycles. The van der Waals surface area contributed by atoms with E-state index in [1.807, 2.05) is 18.5 Å². The van der Waals surface area contributed by atoms with Gasteiger partial charge in [0.1, 0.15) is 0 Å². The van der Waals surface area contributed by atoms with Crippen molar-refractivity contribution in [3.8, 4) is 55.6 Å². The fourth-order valence-corrected chi connectivity index (χ4v) is 9.31. The van der Waals surface area contributed by atoms with Crippen LogP contribution >= 0.6 is 0 Å². The summed E-state index contributed by atoms with van der Waals surface area (Å²) >= 11 is 0. The summed E-state index contributed by atoms with van der Waals surface area (Å²) in [6.07, 6.45) is 3.76. The van der Waals surface area contributed by atoms with E-state index >= 15 is 0 Å². The van der Waals surface area contributed by atoms with Gasteiger partial charge in [0, 0.05) is 34.1 Å². The van der Waals surface area contributed by atoms with Crippen molar-refractivity contribution in [1.82, 2.24) is 9.66 Å². The molecular formula is C56H41N3. The standard InChI is InChI=1S/C56H41N3/c1-56(2)52-23-13-12-22-47(52)48-31-29-46(36-53(48)56)58(45-27-24-40(25-28-45)43-21-14-32-57-37-43)59-54-35-42(38-15-6-3-7-16-38)26-30-49(54)51-34-44(39-17-8-4-9-18-39)33-50(55(51)59)41-19-10-5-11-20-41/h3-37H,1-2H3. The molecule has 0 N–H and O–H groups in total. The predicted molar refractivity (Wildman–Crippen MR) is 247 cm³/mol. The van der Waals surface area contributed by atoms with E-state index in [0.29, 0.717) is 0 Å². The molecule has 0 radical (unpaired) electrons. The molecule has 280 valence electrons. The molecule has 0 saturated heterocycles. The second-order valence-electron chi connectivity index (χ2n) is 16.1. The molecule has 0 unspecified atom stereocenters. The van der Waals surface area contributed by atoms with Crippen LogP contribution in [0.3, 0.4) is 0 Å². The van der Waals surface area contributed by atoms with Crippen LogP contribution in [0.15, 0.2) is 213 Å². The SMILES string of the molecule is CC1(C)c2ccccc2-c2ccc(N(c3ccc(-c4cccnc4)cc3)n3c4cc(-c5ccccc5)ccc4c4cc(-c5ccccc5)cc(-c5ccccc5)c43)cc21. The van der Waals surface area contributed by atoms with E-state index in [0.717, 1.165) is 33.5 Å². The average molecular weight is 756 g/mol. The number of hydrogen-bond acceptors (Lipinski definition) is 2. The number of aromatic nitrogens is 2. The minimum absolute atomic E-state index is 0.168. The number of hydrogen-bond donors (Lipinski definition) is 0. The van der Waals surface area contributed by atoms with Crippen molar-refractivity contribution in [2.75, 3.05) is 5.01 Å². The molecule has 0 amide bonds. The summed E-state index contributed by atoms with van der Waals surface area (Å²) in [5.41, 5.74) is 18.8. The third-order valence-electron chi connectivity index (χ3n) is 12.3. The minimum Gasteiger partial charge on any atom is -0.264 e. The summed E-state index contributed by atoms with van der Waals surface area (Å²) in [5, 5.41) is 4.84. The second-order valence-corrected chi connectivity index (χ2v) is 16.1. The van der Waals surface area contributed by atoms with Gasteiger partial charge in [0.15, 0.2) is 0 Å². The van der Waals surface area contributed by atoms with Gasteiger partial charge in [-0.25, -0.2) is 9.69 Å². The Kier molecular flexibility index (Phi) is 8.16. The van der Waals surface area contributed by atoms with Gasteiger partial charge in [-0.1, -0.05) is 166 Å². The zero-order valence-corrected chi connectivity index (χ0v) is 33.0. The lowest BCUT2D eigenvalue weighted by Gasteiger charge is -2.31. The Labute approximate surface area is 345 Å². The van der Waals surface area contributed by atoms with Crippen molar-refractivity contribution in [2.24, 2.45) is 0 Å². The van der Waals surface area contributed by atoms with E-state index < -0.39 is 0 Å². The number of anilines is 2. The van der Waals surface area contributed by atoms with E-state index in [4.69, 9.17) is 0 Å². The van der Waals surface area contributed by atoms with Crippen molar-refractivity contribution in [1.29, 1.82) is 0 Å². The lowest BCUT2D eigenvalue weighted by Crippen LogP contribution is -2.25. The fourth-order valence-electron chi connectivity index (χ4n) is 9.31. The Hall–Kier alpha value is -7.49. The second kappa shape index (κ2) is 13.9. The Morgan fingerprint density at radius 2 is 1.00 bits per heavy atom. The van der Waals surface area contributed by atoms with Crippen LogP contribution in [0.2, 0.25) is 0 Å². The highest BCUT2D eigenvalue weighted by Crippen LogP contribution is 2.51. The first kappa shape index (κ1) is 34.7. The molecule has 59 heavy (non-hydrogen) atoms. The number of rotatable bonds is 7. The van der Waals surface area contributed by atoms with Crippen molar-refractivity contribution in [3.05, 3.63) is 224 Å².